The maximum atomic E-state index is 15.0. The van der Waals surface area contributed by atoms with Crippen LogP contribution >= 0.6 is 11.8 Å². The van der Waals surface area contributed by atoms with E-state index in [0.29, 0.717) is 16.8 Å². The average Bonchev–Trinajstić information content (AvgIpc) is 2.79. The van der Waals surface area contributed by atoms with Gasteiger partial charge in [0.05, 0.1) is 22.0 Å². The van der Waals surface area contributed by atoms with Crippen molar-refractivity contribution in [1.29, 1.82) is 0 Å². The molecule has 0 fully saturated rings. The van der Waals surface area contributed by atoms with Crippen LogP contribution in [0.5, 0.6) is 5.75 Å². The van der Waals surface area contributed by atoms with Gasteiger partial charge in [-0.1, -0.05) is 17.7 Å². The fourth-order valence-corrected chi connectivity index (χ4v) is 5.12. The summed E-state index contributed by atoms with van der Waals surface area (Å²) in [5.41, 5.74) is 5.66. The maximum Gasteiger partial charge on any atom is 0.164 e. The van der Waals surface area contributed by atoms with E-state index >= 15 is 0 Å². The monoisotopic (exact) mass is 486 g/mol. The van der Waals surface area contributed by atoms with Crippen LogP contribution in [-0.4, -0.2) is 38.1 Å². The molecular weight excluding hydrogens is 465 g/mol. The molecule has 11 heteroatoms. The minimum atomic E-state index is -1.27. The number of alkyl halides is 1. The molecule has 0 saturated heterocycles. The first-order valence-corrected chi connectivity index (χ1v) is 11.0. The Labute approximate surface area is 198 Å². The zero-order valence-electron chi connectivity index (χ0n) is 18.4. The number of fused-ring (bicyclic) bond motifs is 1. The topological polar surface area (TPSA) is 98.3 Å². The number of aliphatic imine (C=N–C) groups is 1. The first-order chi connectivity index (χ1) is 16.2. The molecule has 34 heavy (non-hydrogen) atoms. The number of ether oxygens (including phenoxy) is 1. The summed E-state index contributed by atoms with van der Waals surface area (Å²) in [5, 5.41) is 3.08. The highest BCUT2D eigenvalue weighted by Gasteiger charge is 2.44. The molecule has 0 amide bonds. The number of nitrogens with zero attached hydrogens (tertiary/aromatic N) is 4. The molecule has 0 spiro atoms. The number of rotatable bonds is 6. The number of amidine groups is 1. The van der Waals surface area contributed by atoms with E-state index in [-0.39, 0.29) is 35.3 Å². The Kier molecular flexibility index (Phi) is 6.27. The Morgan fingerprint density at radius 3 is 2.76 bits per heavy atom. The highest BCUT2D eigenvalue weighted by molar-refractivity contribution is 8.15. The number of thioether (sulfide) groups is 1. The Hall–Kier alpha value is -3.52. The molecule has 0 radical (unpaired) electrons. The third-order valence-electron chi connectivity index (χ3n) is 5.35. The molecule has 7 nitrogen and oxygen atoms in total. The Morgan fingerprint density at radius 1 is 1.24 bits per heavy atom. The molecule has 0 bridgehead atoms. The van der Waals surface area contributed by atoms with Crippen molar-refractivity contribution in [3.05, 3.63) is 47.9 Å². The highest BCUT2D eigenvalue weighted by Crippen LogP contribution is 2.46. The van der Waals surface area contributed by atoms with Gasteiger partial charge < -0.3 is 15.8 Å². The maximum absolute atomic E-state index is 15.0. The molecule has 176 valence electrons. The predicted molar refractivity (Wildman–Crippen MR) is 127 cm³/mol. The van der Waals surface area contributed by atoms with Gasteiger partial charge in [0.1, 0.15) is 30.9 Å². The number of terminal acetylenes is 1. The summed E-state index contributed by atoms with van der Waals surface area (Å²) in [6, 6.07) is 4.06. The van der Waals surface area contributed by atoms with Gasteiger partial charge in [-0.15, -0.1) is 6.42 Å². The van der Waals surface area contributed by atoms with Crippen molar-refractivity contribution < 1.29 is 17.9 Å². The number of hydrogen-bond donors (Lipinski definition) is 2. The molecule has 3 N–H and O–H groups in total. The van der Waals surface area contributed by atoms with Gasteiger partial charge in [0.25, 0.3) is 0 Å². The lowest BCUT2D eigenvalue weighted by Gasteiger charge is -2.39. The van der Waals surface area contributed by atoms with Gasteiger partial charge in [-0.05, 0) is 26.3 Å². The summed E-state index contributed by atoms with van der Waals surface area (Å²) < 4.78 is 47.8. The number of benzene rings is 1. The lowest BCUT2D eigenvalue weighted by Crippen LogP contribution is -2.42. The van der Waals surface area contributed by atoms with Crippen LogP contribution in [0.1, 0.15) is 25.8 Å². The van der Waals surface area contributed by atoms with Crippen LogP contribution in [0.15, 0.2) is 35.7 Å². The summed E-state index contributed by atoms with van der Waals surface area (Å²) in [7, 11) is 0. The van der Waals surface area contributed by atoms with Crippen LogP contribution in [-0.2, 0) is 5.54 Å². The normalized spacial score (nSPS) is 22.2. The van der Waals surface area contributed by atoms with Gasteiger partial charge in [0.15, 0.2) is 22.6 Å². The first kappa shape index (κ1) is 23.6. The Bertz CT molecular complexity index is 1330. The van der Waals surface area contributed by atoms with Gasteiger partial charge in [0.2, 0.25) is 0 Å². The van der Waals surface area contributed by atoms with Gasteiger partial charge in [-0.25, -0.2) is 28.1 Å². The number of nitrogens with two attached hydrogens (primary N) is 1. The zero-order chi connectivity index (χ0) is 24.5. The fraction of sp³-hybridized carbons (Fsp3) is 0.304. The van der Waals surface area contributed by atoms with Crippen molar-refractivity contribution >= 4 is 39.5 Å². The molecule has 4 rings (SSSR count). The molecule has 0 aliphatic carbocycles. The Balaban J connectivity index is 1.73. The molecule has 3 heterocycles. The predicted octanol–water partition coefficient (Wildman–Crippen LogP) is 4.45. The zero-order valence-corrected chi connectivity index (χ0v) is 19.2. The summed E-state index contributed by atoms with van der Waals surface area (Å²) in [5.74, 6) is 0.903. The minimum absolute atomic E-state index is 0.0470. The largest absolute Gasteiger partial charge is 0.479 e. The lowest BCUT2D eigenvalue weighted by atomic mass is 9.83. The fourth-order valence-electron chi connectivity index (χ4n) is 3.96. The second-order valence-corrected chi connectivity index (χ2v) is 9.89. The van der Waals surface area contributed by atoms with Gasteiger partial charge in [-0.2, -0.15) is 0 Å². The van der Waals surface area contributed by atoms with E-state index in [2.05, 4.69) is 31.2 Å². The number of aromatic nitrogens is 3. The van der Waals surface area contributed by atoms with Gasteiger partial charge >= 0.3 is 0 Å². The quantitative estimate of drug-likeness (QED) is 0.497. The first-order valence-electron chi connectivity index (χ1n) is 10.2. The van der Waals surface area contributed by atoms with E-state index in [9.17, 15) is 13.2 Å². The van der Waals surface area contributed by atoms with E-state index < -0.39 is 28.6 Å². The lowest BCUT2D eigenvalue weighted by molar-refractivity contribution is 0.315. The van der Waals surface area contributed by atoms with E-state index in [0.717, 1.165) is 17.8 Å². The molecule has 1 aromatic carbocycles. The van der Waals surface area contributed by atoms with Gasteiger partial charge in [0, 0.05) is 23.4 Å². The number of nitrogens with one attached hydrogen (secondary N) is 1. The number of hydrogen-bond acceptors (Lipinski definition) is 8. The molecule has 0 saturated carbocycles. The van der Waals surface area contributed by atoms with Crippen molar-refractivity contribution in [3.63, 3.8) is 0 Å². The molecule has 0 unspecified atom stereocenters. The van der Waals surface area contributed by atoms with Crippen LogP contribution in [0, 0.1) is 24.0 Å². The minimum Gasteiger partial charge on any atom is -0.479 e. The van der Waals surface area contributed by atoms with Crippen molar-refractivity contribution in [2.24, 2.45) is 10.7 Å². The SMILES string of the molecule is C#CCOc1cnc2c(Nc3cc(F)c(F)c([C@]4(C)C[C@](C)(CF)SC(N)=N4)c3)ncnc2c1. The van der Waals surface area contributed by atoms with Crippen molar-refractivity contribution in [2.75, 3.05) is 18.6 Å². The number of halogens is 3. The van der Waals surface area contributed by atoms with Crippen LogP contribution in [0.3, 0.4) is 0 Å². The van der Waals surface area contributed by atoms with Crippen LogP contribution in [0.4, 0.5) is 24.7 Å². The third-order valence-corrected chi connectivity index (χ3v) is 6.40. The molecule has 2 aromatic heterocycles. The third kappa shape index (κ3) is 4.59. The molecule has 3 aromatic rings. The smallest absolute Gasteiger partial charge is 0.164 e. The van der Waals surface area contributed by atoms with Crippen molar-refractivity contribution in [3.8, 4) is 18.1 Å². The van der Waals surface area contributed by atoms with Crippen molar-refractivity contribution in [2.45, 2.75) is 30.6 Å². The molecule has 1 aliphatic rings. The standard InChI is InChI=1S/C23H21F3N6OS/c1-4-5-33-14-8-17-19(28-9-14)20(30-12-29-17)31-13-6-15(18(26)16(25)7-13)23(3)10-22(2,11-24)34-21(27)32-23/h1,6-9,12H,5,10-11H2,2-3H3,(H2,27,32)(H,29,30,31)/t22-,23+/m1/s1. The van der Waals surface area contributed by atoms with Crippen molar-refractivity contribution in [1.82, 2.24) is 15.0 Å². The number of anilines is 2. The summed E-state index contributed by atoms with van der Waals surface area (Å²) in [6.45, 7) is 2.66. The van der Waals surface area contributed by atoms with Crippen LogP contribution in [0.25, 0.3) is 11.0 Å². The Morgan fingerprint density at radius 2 is 2.03 bits per heavy atom. The van der Waals surface area contributed by atoms with Gasteiger partial charge in [-0.3, -0.25) is 4.99 Å². The summed E-state index contributed by atoms with van der Waals surface area (Å²) >= 11 is 1.08. The average molecular weight is 487 g/mol. The van der Waals surface area contributed by atoms with Crippen LogP contribution < -0.4 is 15.8 Å². The molecule has 1 aliphatic heterocycles. The molecule has 2 atom stereocenters. The summed E-state index contributed by atoms with van der Waals surface area (Å²) in [4.78, 5) is 17.0. The van der Waals surface area contributed by atoms with E-state index in [1.165, 1.54) is 18.6 Å². The summed E-state index contributed by atoms with van der Waals surface area (Å²) in [6.07, 6.45) is 8.09. The van der Waals surface area contributed by atoms with E-state index in [4.69, 9.17) is 16.9 Å². The number of pyridine rings is 1. The highest BCUT2D eigenvalue weighted by atomic mass is 32.2. The van der Waals surface area contributed by atoms with E-state index in [1.807, 2.05) is 0 Å². The second kappa shape index (κ2) is 9.02. The van der Waals surface area contributed by atoms with Crippen LogP contribution in [0.2, 0.25) is 0 Å². The molecular formula is C23H21F3N6OS. The van der Waals surface area contributed by atoms with E-state index in [1.54, 1.807) is 19.9 Å². The second-order valence-electron chi connectivity index (χ2n) is 8.28.